The number of nitrogens with one attached hydrogen (secondary N) is 1. The van der Waals surface area contributed by atoms with Crippen LogP contribution >= 0.6 is 0 Å². The first-order valence-electron chi connectivity index (χ1n) is 3.49. The maximum absolute atomic E-state index is 11.1. The minimum absolute atomic E-state index is 0.378. The van der Waals surface area contributed by atoms with Gasteiger partial charge in [-0.2, -0.15) is 0 Å². The van der Waals surface area contributed by atoms with Gasteiger partial charge in [0.05, 0.1) is 11.3 Å². The lowest BCUT2D eigenvalue weighted by Gasteiger charge is -2.10. The van der Waals surface area contributed by atoms with Crippen LogP contribution in [0.2, 0.25) is 0 Å². The summed E-state index contributed by atoms with van der Waals surface area (Å²) in [6.07, 6.45) is 1.16. The van der Waals surface area contributed by atoms with Crippen molar-refractivity contribution in [2.75, 3.05) is 19.3 Å². The van der Waals surface area contributed by atoms with E-state index in [1.165, 1.54) is 0 Å². The molecule has 1 heterocycles. The second kappa shape index (κ2) is 3.30. The minimum atomic E-state index is -3.10. The molecule has 7 heteroatoms. The van der Waals surface area contributed by atoms with E-state index in [0.717, 1.165) is 6.26 Å². The van der Waals surface area contributed by atoms with Crippen molar-refractivity contribution in [1.29, 1.82) is 0 Å². The molecule has 68 valence electrons. The van der Waals surface area contributed by atoms with Gasteiger partial charge in [0.1, 0.15) is 0 Å². The molecule has 6 nitrogen and oxygen atoms in total. The molecule has 1 fully saturated rings. The van der Waals surface area contributed by atoms with Crippen molar-refractivity contribution in [3.63, 3.8) is 0 Å². The van der Waals surface area contributed by atoms with Crippen molar-refractivity contribution < 1.29 is 8.42 Å². The van der Waals surface area contributed by atoms with Crippen molar-refractivity contribution >= 4 is 9.84 Å². The fourth-order valence-corrected chi connectivity index (χ4v) is 2.40. The molecule has 1 aliphatic rings. The largest absolute Gasteiger partial charge is 0.315 e. The monoisotopic (exact) mass is 190 g/mol. The average molecular weight is 190 g/mol. The van der Waals surface area contributed by atoms with Crippen LogP contribution in [0.25, 0.3) is 10.4 Å². The van der Waals surface area contributed by atoms with E-state index < -0.39 is 21.1 Å². The van der Waals surface area contributed by atoms with Gasteiger partial charge in [-0.05, 0) is 5.53 Å². The molecular weight excluding hydrogens is 180 g/mol. The van der Waals surface area contributed by atoms with E-state index >= 15 is 0 Å². The third kappa shape index (κ3) is 1.88. The quantitative estimate of drug-likeness (QED) is 0.367. The number of nitrogens with zero attached hydrogens (tertiary/aromatic N) is 3. The van der Waals surface area contributed by atoms with Gasteiger partial charge < -0.3 is 5.32 Å². The van der Waals surface area contributed by atoms with Gasteiger partial charge in [0.25, 0.3) is 0 Å². The van der Waals surface area contributed by atoms with Gasteiger partial charge in [-0.3, -0.25) is 0 Å². The lowest BCUT2D eigenvalue weighted by Crippen LogP contribution is -2.30. The topological polar surface area (TPSA) is 94.9 Å². The lowest BCUT2D eigenvalue weighted by atomic mass is 10.3. The van der Waals surface area contributed by atoms with Gasteiger partial charge in [-0.25, -0.2) is 8.42 Å². The molecule has 0 aromatic carbocycles. The highest BCUT2D eigenvalue weighted by atomic mass is 32.2. The van der Waals surface area contributed by atoms with Gasteiger partial charge in [0, 0.05) is 24.3 Å². The first-order chi connectivity index (χ1) is 5.55. The van der Waals surface area contributed by atoms with Gasteiger partial charge in [-0.15, -0.1) is 0 Å². The fourth-order valence-electron chi connectivity index (χ4n) is 1.26. The van der Waals surface area contributed by atoms with Crippen molar-refractivity contribution in [1.82, 2.24) is 5.32 Å². The SMILES string of the molecule is CS(=O)(=O)C1CNCC1N=[N+]=[N-]. The zero-order valence-electron chi connectivity index (χ0n) is 6.64. The summed E-state index contributed by atoms with van der Waals surface area (Å²) in [5, 5.41) is 5.72. The molecule has 12 heavy (non-hydrogen) atoms. The lowest BCUT2D eigenvalue weighted by molar-refractivity contribution is 0.580. The Bertz CT molecular complexity index is 305. The van der Waals surface area contributed by atoms with Crippen LogP contribution in [0.3, 0.4) is 0 Å². The number of hydrogen-bond donors (Lipinski definition) is 1. The standard InChI is InChI=1S/C5H10N4O2S/c1-12(10,11)5-3-7-2-4(5)8-9-6/h4-5,7H,2-3H2,1H3. The summed E-state index contributed by atoms with van der Waals surface area (Å²) in [4.78, 5) is 2.60. The van der Waals surface area contributed by atoms with Crippen molar-refractivity contribution in [3.05, 3.63) is 10.4 Å². The Labute approximate surface area is 70.5 Å². The summed E-state index contributed by atoms with van der Waals surface area (Å²) < 4.78 is 22.2. The first-order valence-corrected chi connectivity index (χ1v) is 5.45. The number of azide groups is 1. The van der Waals surface area contributed by atoms with Crippen molar-refractivity contribution in [3.8, 4) is 0 Å². The Morgan fingerprint density at radius 3 is 2.75 bits per heavy atom. The Balaban J connectivity index is 2.84. The molecule has 0 amide bonds. The van der Waals surface area contributed by atoms with Crippen molar-refractivity contribution in [2.45, 2.75) is 11.3 Å². The Kier molecular flexibility index (Phi) is 2.56. The molecule has 0 saturated carbocycles. The normalized spacial score (nSPS) is 29.8. The Morgan fingerprint density at radius 1 is 1.58 bits per heavy atom. The van der Waals surface area contributed by atoms with Crippen LogP contribution in [0.5, 0.6) is 0 Å². The molecule has 0 aromatic heterocycles. The van der Waals surface area contributed by atoms with E-state index in [-0.39, 0.29) is 0 Å². The number of sulfone groups is 1. The highest BCUT2D eigenvalue weighted by Gasteiger charge is 2.33. The van der Waals surface area contributed by atoms with Crippen LogP contribution in [0, 0.1) is 0 Å². The number of rotatable bonds is 2. The van der Waals surface area contributed by atoms with Gasteiger partial charge in [0.2, 0.25) is 0 Å². The van der Waals surface area contributed by atoms with E-state index in [2.05, 4.69) is 15.3 Å². The predicted molar refractivity (Wildman–Crippen MR) is 44.4 cm³/mol. The Morgan fingerprint density at radius 2 is 2.25 bits per heavy atom. The molecule has 1 rings (SSSR count). The molecule has 2 atom stereocenters. The molecule has 0 spiro atoms. The fraction of sp³-hybridized carbons (Fsp3) is 1.00. The van der Waals surface area contributed by atoms with Crippen LogP contribution in [0.15, 0.2) is 5.11 Å². The van der Waals surface area contributed by atoms with Crippen LogP contribution in [-0.4, -0.2) is 39.1 Å². The third-order valence-electron chi connectivity index (χ3n) is 1.88. The zero-order chi connectivity index (χ0) is 9.19. The average Bonchev–Trinajstić information content (AvgIpc) is 2.34. The molecule has 0 bridgehead atoms. The third-order valence-corrected chi connectivity index (χ3v) is 3.46. The molecule has 1 N–H and O–H groups in total. The Hall–Kier alpha value is -0.780. The van der Waals surface area contributed by atoms with Crippen LogP contribution < -0.4 is 5.32 Å². The summed E-state index contributed by atoms with van der Waals surface area (Å²) in [6.45, 7) is 0.824. The maximum Gasteiger partial charge on any atom is 0.152 e. The molecule has 0 aromatic rings. The maximum atomic E-state index is 11.1. The van der Waals surface area contributed by atoms with E-state index in [9.17, 15) is 8.42 Å². The molecule has 0 aliphatic carbocycles. The van der Waals surface area contributed by atoms with Gasteiger partial charge in [-0.1, -0.05) is 5.11 Å². The van der Waals surface area contributed by atoms with E-state index in [1.54, 1.807) is 0 Å². The van der Waals surface area contributed by atoms with E-state index in [1.807, 2.05) is 0 Å². The molecular formula is C5H10N4O2S. The summed E-state index contributed by atoms with van der Waals surface area (Å²) in [7, 11) is -3.10. The molecule has 0 radical (unpaired) electrons. The highest BCUT2D eigenvalue weighted by molar-refractivity contribution is 7.91. The van der Waals surface area contributed by atoms with Crippen LogP contribution in [0.4, 0.5) is 0 Å². The minimum Gasteiger partial charge on any atom is -0.315 e. The summed E-state index contributed by atoms with van der Waals surface area (Å²) in [6, 6.07) is -0.454. The summed E-state index contributed by atoms with van der Waals surface area (Å²) in [5.41, 5.74) is 8.15. The van der Waals surface area contributed by atoms with Gasteiger partial charge >= 0.3 is 0 Å². The molecule has 2 unspecified atom stereocenters. The summed E-state index contributed by atoms with van der Waals surface area (Å²) >= 11 is 0. The van der Waals surface area contributed by atoms with E-state index in [4.69, 9.17) is 5.53 Å². The van der Waals surface area contributed by atoms with Crippen LogP contribution in [0.1, 0.15) is 0 Å². The smallest absolute Gasteiger partial charge is 0.152 e. The van der Waals surface area contributed by atoms with Gasteiger partial charge in [0.15, 0.2) is 9.84 Å². The second-order valence-corrected chi connectivity index (χ2v) is 5.06. The number of hydrogen-bond acceptors (Lipinski definition) is 4. The predicted octanol–water partition coefficient (Wildman–Crippen LogP) is -0.318. The molecule has 1 saturated heterocycles. The first kappa shape index (κ1) is 9.31. The molecule has 1 aliphatic heterocycles. The van der Waals surface area contributed by atoms with Crippen LogP contribution in [-0.2, 0) is 9.84 Å². The van der Waals surface area contributed by atoms with Crippen molar-refractivity contribution in [2.24, 2.45) is 5.11 Å². The zero-order valence-corrected chi connectivity index (χ0v) is 7.45. The van der Waals surface area contributed by atoms with E-state index in [0.29, 0.717) is 13.1 Å². The summed E-state index contributed by atoms with van der Waals surface area (Å²) in [5.74, 6) is 0. The highest BCUT2D eigenvalue weighted by Crippen LogP contribution is 2.12. The second-order valence-electron chi connectivity index (χ2n) is 2.80.